The molecule has 0 fully saturated rings. The fourth-order valence-corrected chi connectivity index (χ4v) is 2.66. The molecule has 0 aliphatic rings. The van der Waals surface area contributed by atoms with Crippen molar-refractivity contribution >= 4 is 15.5 Å². The average molecular weight is 371 g/mol. The number of sulfone groups is 1. The molecule has 0 saturated carbocycles. The van der Waals surface area contributed by atoms with E-state index in [1.165, 1.54) is 6.20 Å². The highest BCUT2D eigenvalue weighted by Gasteiger charge is 2.60. The SMILES string of the molecule is CC(C)(C)c1cn2c(S(C)(=O)=O)nc(C(F)(F)C(F)(F)F)cc2n1. The molecule has 11 heteroatoms. The molecule has 5 nitrogen and oxygen atoms in total. The summed E-state index contributed by atoms with van der Waals surface area (Å²) < 4.78 is 89.4. The Labute approximate surface area is 134 Å². The van der Waals surface area contributed by atoms with Gasteiger partial charge in [0.15, 0.2) is 0 Å². The molecule has 0 atom stereocenters. The predicted octanol–water partition coefficient (Wildman–Crippen LogP) is 3.08. The van der Waals surface area contributed by atoms with Crippen LogP contribution in [0.3, 0.4) is 0 Å². The molecule has 0 aliphatic carbocycles. The van der Waals surface area contributed by atoms with Crippen molar-refractivity contribution in [3.63, 3.8) is 0 Å². The van der Waals surface area contributed by atoms with Gasteiger partial charge in [-0.2, -0.15) is 22.0 Å². The maximum Gasteiger partial charge on any atom is 0.459 e. The Morgan fingerprint density at radius 1 is 1.00 bits per heavy atom. The molecule has 2 aromatic heterocycles. The first kappa shape index (κ1) is 18.6. The fourth-order valence-electron chi connectivity index (χ4n) is 1.89. The molecule has 0 saturated heterocycles. The third kappa shape index (κ3) is 3.08. The van der Waals surface area contributed by atoms with E-state index in [9.17, 15) is 30.4 Å². The first-order valence-corrected chi connectivity index (χ1v) is 8.50. The Bertz CT molecular complexity index is 895. The predicted molar refractivity (Wildman–Crippen MR) is 74.7 cm³/mol. The number of rotatable bonds is 2. The van der Waals surface area contributed by atoms with Gasteiger partial charge in [-0.25, -0.2) is 18.4 Å². The van der Waals surface area contributed by atoms with Crippen LogP contribution in [-0.2, 0) is 21.2 Å². The van der Waals surface area contributed by atoms with Crippen molar-refractivity contribution in [2.45, 2.75) is 43.4 Å². The molecular formula is C13H14F5N3O2S. The van der Waals surface area contributed by atoms with E-state index in [0.717, 1.165) is 4.40 Å². The van der Waals surface area contributed by atoms with Gasteiger partial charge in [0.05, 0.1) is 5.69 Å². The van der Waals surface area contributed by atoms with Crippen molar-refractivity contribution in [2.75, 3.05) is 6.26 Å². The van der Waals surface area contributed by atoms with Crippen molar-refractivity contribution in [2.24, 2.45) is 0 Å². The molecule has 2 rings (SSSR count). The second-order valence-corrected chi connectivity index (χ2v) is 8.28. The van der Waals surface area contributed by atoms with E-state index in [0.29, 0.717) is 18.0 Å². The van der Waals surface area contributed by atoms with E-state index in [2.05, 4.69) is 9.97 Å². The summed E-state index contributed by atoms with van der Waals surface area (Å²) in [5.41, 5.74) is -2.32. The normalized spacial score (nSPS) is 14.4. The van der Waals surface area contributed by atoms with Crippen LogP contribution in [0.4, 0.5) is 22.0 Å². The van der Waals surface area contributed by atoms with Gasteiger partial charge in [-0.05, 0) is 0 Å². The highest BCUT2D eigenvalue weighted by Crippen LogP contribution is 2.43. The van der Waals surface area contributed by atoms with Gasteiger partial charge >= 0.3 is 12.1 Å². The first-order valence-electron chi connectivity index (χ1n) is 6.61. The fraction of sp³-hybridized carbons (Fsp3) is 0.538. The first-order chi connectivity index (χ1) is 10.5. The van der Waals surface area contributed by atoms with Gasteiger partial charge < -0.3 is 0 Å². The Balaban J connectivity index is 2.88. The lowest BCUT2D eigenvalue weighted by atomic mass is 9.93. The molecule has 0 aromatic carbocycles. The van der Waals surface area contributed by atoms with E-state index >= 15 is 0 Å². The minimum absolute atomic E-state index is 0.321. The number of aromatic nitrogens is 3. The van der Waals surface area contributed by atoms with Gasteiger partial charge in [0.1, 0.15) is 11.3 Å². The van der Waals surface area contributed by atoms with Crippen LogP contribution in [0.15, 0.2) is 17.4 Å². The van der Waals surface area contributed by atoms with Crippen LogP contribution in [0.25, 0.3) is 5.65 Å². The third-order valence-electron chi connectivity index (χ3n) is 3.20. The lowest BCUT2D eigenvalue weighted by Crippen LogP contribution is -2.35. The van der Waals surface area contributed by atoms with E-state index in [-0.39, 0.29) is 5.65 Å². The van der Waals surface area contributed by atoms with E-state index in [4.69, 9.17) is 0 Å². The average Bonchev–Trinajstić information content (AvgIpc) is 2.78. The molecule has 2 heterocycles. The summed E-state index contributed by atoms with van der Waals surface area (Å²) in [7, 11) is -4.18. The summed E-state index contributed by atoms with van der Waals surface area (Å²) in [6.07, 6.45) is -3.98. The number of hydrogen-bond donors (Lipinski definition) is 0. The van der Waals surface area contributed by atoms with E-state index < -0.39 is 38.2 Å². The summed E-state index contributed by atoms with van der Waals surface area (Å²) in [6, 6.07) is 0.442. The molecule has 0 spiro atoms. The maximum atomic E-state index is 13.6. The van der Waals surface area contributed by atoms with Crippen LogP contribution < -0.4 is 0 Å². The molecule has 0 bridgehead atoms. The van der Waals surface area contributed by atoms with Gasteiger partial charge in [-0.1, -0.05) is 20.8 Å². The van der Waals surface area contributed by atoms with Crippen LogP contribution >= 0.6 is 0 Å². The van der Waals surface area contributed by atoms with Gasteiger partial charge in [0.2, 0.25) is 15.0 Å². The molecule has 2 aromatic rings. The van der Waals surface area contributed by atoms with Crippen LogP contribution in [-0.4, -0.2) is 35.2 Å². The topological polar surface area (TPSA) is 64.3 Å². The van der Waals surface area contributed by atoms with Crippen LogP contribution in [0, 0.1) is 0 Å². The summed E-state index contributed by atoms with van der Waals surface area (Å²) in [4.78, 5) is 7.04. The number of fused-ring (bicyclic) bond motifs is 1. The quantitative estimate of drug-likeness (QED) is 0.601. The summed E-state index contributed by atoms with van der Waals surface area (Å²) in [5, 5.41) is -0.929. The van der Waals surface area contributed by atoms with Crippen LogP contribution in [0.2, 0.25) is 0 Å². The highest BCUT2D eigenvalue weighted by molar-refractivity contribution is 7.90. The molecule has 0 aliphatic heterocycles. The van der Waals surface area contributed by atoms with Crippen molar-refractivity contribution in [3.05, 3.63) is 23.7 Å². The van der Waals surface area contributed by atoms with Crippen molar-refractivity contribution in [3.8, 4) is 0 Å². The highest BCUT2D eigenvalue weighted by atomic mass is 32.2. The standard InChI is InChI=1S/C13H14F5N3O2S/c1-11(2,3)8-6-21-9(19-8)5-7(12(14,15)13(16,17)18)20-10(21)24(4,22)23/h5-6H,1-4H3. The molecule has 0 amide bonds. The summed E-state index contributed by atoms with van der Waals surface area (Å²) >= 11 is 0. The van der Waals surface area contributed by atoms with Gasteiger partial charge in [0.25, 0.3) is 0 Å². The number of alkyl halides is 5. The molecule has 0 unspecified atom stereocenters. The molecular weight excluding hydrogens is 357 g/mol. The van der Waals surface area contributed by atoms with Crippen molar-refractivity contribution < 1.29 is 30.4 Å². The van der Waals surface area contributed by atoms with Crippen molar-refractivity contribution in [1.29, 1.82) is 0 Å². The second kappa shape index (κ2) is 5.11. The summed E-state index contributed by atoms with van der Waals surface area (Å²) in [5.74, 6) is -5.30. The Kier molecular flexibility index (Phi) is 3.95. The lowest BCUT2D eigenvalue weighted by molar-refractivity contribution is -0.291. The zero-order chi connectivity index (χ0) is 18.7. The molecule has 0 N–H and O–H groups in total. The number of imidazole rings is 1. The van der Waals surface area contributed by atoms with Crippen LogP contribution in [0.1, 0.15) is 32.2 Å². The molecule has 134 valence electrons. The lowest BCUT2D eigenvalue weighted by Gasteiger charge is -2.19. The number of nitrogens with zero attached hydrogens (tertiary/aromatic N) is 3. The minimum Gasteiger partial charge on any atom is -0.274 e. The number of halogens is 5. The van der Waals surface area contributed by atoms with Crippen molar-refractivity contribution in [1.82, 2.24) is 14.4 Å². The minimum atomic E-state index is -5.91. The Morgan fingerprint density at radius 3 is 1.96 bits per heavy atom. The smallest absolute Gasteiger partial charge is 0.274 e. The van der Waals surface area contributed by atoms with Gasteiger partial charge in [0, 0.05) is 23.9 Å². The zero-order valence-corrected chi connectivity index (χ0v) is 13.9. The Morgan fingerprint density at radius 2 is 1.54 bits per heavy atom. The Hall–Kier alpha value is -1.78. The van der Waals surface area contributed by atoms with E-state index in [1.54, 1.807) is 20.8 Å². The van der Waals surface area contributed by atoms with E-state index in [1.807, 2.05) is 0 Å². The summed E-state index contributed by atoms with van der Waals surface area (Å²) in [6.45, 7) is 5.19. The second-order valence-electron chi connectivity index (χ2n) is 6.37. The van der Waals surface area contributed by atoms with Gasteiger partial charge in [-0.3, -0.25) is 4.40 Å². The van der Waals surface area contributed by atoms with Gasteiger partial charge in [-0.15, -0.1) is 0 Å². The molecule has 24 heavy (non-hydrogen) atoms. The zero-order valence-electron chi connectivity index (χ0n) is 13.1. The largest absolute Gasteiger partial charge is 0.459 e. The maximum absolute atomic E-state index is 13.6. The number of hydrogen-bond acceptors (Lipinski definition) is 4. The third-order valence-corrected chi connectivity index (χ3v) is 4.15. The monoisotopic (exact) mass is 371 g/mol. The van der Waals surface area contributed by atoms with Crippen LogP contribution in [0.5, 0.6) is 0 Å². The molecule has 0 radical (unpaired) electrons.